The van der Waals surface area contributed by atoms with Crippen molar-refractivity contribution in [2.75, 3.05) is 5.32 Å². The summed E-state index contributed by atoms with van der Waals surface area (Å²) in [7, 11) is 0. The number of halogens is 1. The number of hydrogen-bond acceptors (Lipinski definition) is 4. The van der Waals surface area contributed by atoms with E-state index in [-0.39, 0.29) is 24.1 Å². The number of anilines is 1. The van der Waals surface area contributed by atoms with Crippen molar-refractivity contribution in [3.05, 3.63) is 105 Å². The molecule has 4 rings (SSSR count). The molecule has 0 aliphatic carbocycles. The summed E-state index contributed by atoms with van der Waals surface area (Å²) in [5.74, 6) is -0.823. The van der Waals surface area contributed by atoms with E-state index in [1.807, 2.05) is 19.1 Å². The summed E-state index contributed by atoms with van der Waals surface area (Å²) in [4.78, 5) is 42.9. The number of rotatable bonds is 6. The maximum Gasteiger partial charge on any atom is 0.332 e. The van der Waals surface area contributed by atoms with Crippen molar-refractivity contribution in [1.82, 2.24) is 14.1 Å². The number of amides is 1. The Balaban J connectivity index is 1.71. The van der Waals surface area contributed by atoms with Gasteiger partial charge in [0.2, 0.25) is 5.91 Å². The van der Waals surface area contributed by atoms with E-state index < -0.39 is 23.0 Å². The number of carbonyl (C=O) groups excluding carboxylic acids is 1. The highest BCUT2D eigenvalue weighted by molar-refractivity contribution is 5.91. The van der Waals surface area contributed by atoms with Gasteiger partial charge in [-0.15, -0.1) is 0 Å². The highest BCUT2D eigenvalue weighted by Gasteiger charge is 2.16. The molecule has 0 unspecified atom stereocenters. The van der Waals surface area contributed by atoms with Crippen molar-refractivity contribution in [2.24, 2.45) is 0 Å². The van der Waals surface area contributed by atoms with Gasteiger partial charge in [0.1, 0.15) is 12.4 Å². The fraction of sp³-hybridized carbons (Fsp3) is 0.167. The number of aryl methyl sites for hydroxylation is 1. The van der Waals surface area contributed by atoms with Gasteiger partial charge < -0.3 is 5.32 Å². The lowest BCUT2D eigenvalue weighted by atomic mass is 10.1. The molecule has 7 nitrogen and oxygen atoms in total. The Kier molecular flexibility index (Phi) is 5.93. The molecular weight excluding hydrogens is 411 g/mol. The van der Waals surface area contributed by atoms with Gasteiger partial charge in [-0.1, -0.05) is 31.2 Å². The van der Waals surface area contributed by atoms with Crippen LogP contribution in [0.5, 0.6) is 0 Å². The van der Waals surface area contributed by atoms with Crippen molar-refractivity contribution in [3.63, 3.8) is 0 Å². The quantitative estimate of drug-likeness (QED) is 0.508. The maximum atomic E-state index is 13.2. The summed E-state index contributed by atoms with van der Waals surface area (Å²) >= 11 is 0. The van der Waals surface area contributed by atoms with Crippen LogP contribution in [0.2, 0.25) is 0 Å². The SMILES string of the molecule is CCc1ccc(NC(=O)Cn2c(=O)n(Cc3ccc(F)cc3)c(=O)c3ncccc32)cc1. The Labute approximate surface area is 182 Å². The van der Waals surface area contributed by atoms with E-state index in [0.29, 0.717) is 11.3 Å². The van der Waals surface area contributed by atoms with Gasteiger partial charge in [0.05, 0.1) is 12.1 Å². The van der Waals surface area contributed by atoms with Gasteiger partial charge in [0.25, 0.3) is 5.56 Å². The normalized spacial score (nSPS) is 10.9. The van der Waals surface area contributed by atoms with Crippen molar-refractivity contribution >= 4 is 22.6 Å². The van der Waals surface area contributed by atoms with E-state index >= 15 is 0 Å². The molecule has 0 atom stereocenters. The van der Waals surface area contributed by atoms with Gasteiger partial charge in [-0.2, -0.15) is 0 Å². The molecule has 0 spiro atoms. The number of hydrogen-bond donors (Lipinski definition) is 1. The number of benzene rings is 2. The molecule has 32 heavy (non-hydrogen) atoms. The second-order valence-corrected chi connectivity index (χ2v) is 7.36. The zero-order chi connectivity index (χ0) is 22.7. The minimum atomic E-state index is -0.642. The second-order valence-electron chi connectivity index (χ2n) is 7.36. The Morgan fingerprint density at radius 2 is 1.66 bits per heavy atom. The lowest BCUT2D eigenvalue weighted by Crippen LogP contribution is -2.42. The molecule has 0 aliphatic heterocycles. The van der Waals surface area contributed by atoms with Crippen LogP contribution in [0.15, 0.2) is 76.4 Å². The molecule has 0 saturated carbocycles. The Hall–Kier alpha value is -4.07. The van der Waals surface area contributed by atoms with Crippen LogP contribution in [0, 0.1) is 5.82 Å². The lowest BCUT2D eigenvalue weighted by Gasteiger charge is -2.14. The molecule has 0 radical (unpaired) electrons. The first-order chi connectivity index (χ1) is 15.5. The summed E-state index contributed by atoms with van der Waals surface area (Å²) in [5, 5.41) is 2.78. The molecule has 0 fully saturated rings. The van der Waals surface area contributed by atoms with E-state index in [1.165, 1.54) is 35.0 Å². The van der Waals surface area contributed by atoms with Gasteiger partial charge in [-0.25, -0.2) is 14.2 Å². The van der Waals surface area contributed by atoms with Crippen molar-refractivity contribution in [1.29, 1.82) is 0 Å². The van der Waals surface area contributed by atoms with E-state index in [1.54, 1.807) is 24.3 Å². The Morgan fingerprint density at radius 3 is 2.34 bits per heavy atom. The van der Waals surface area contributed by atoms with Gasteiger partial charge in [0.15, 0.2) is 5.52 Å². The molecule has 1 N–H and O–H groups in total. The molecular formula is C24H21FN4O3. The fourth-order valence-electron chi connectivity index (χ4n) is 3.48. The first kappa shape index (κ1) is 21.2. The predicted molar refractivity (Wildman–Crippen MR) is 120 cm³/mol. The smallest absolute Gasteiger partial charge is 0.325 e. The second kappa shape index (κ2) is 8.97. The number of nitrogens with one attached hydrogen (secondary N) is 1. The molecule has 1 amide bonds. The number of pyridine rings is 1. The highest BCUT2D eigenvalue weighted by atomic mass is 19.1. The van der Waals surface area contributed by atoms with Crippen LogP contribution in [0.4, 0.5) is 10.1 Å². The van der Waals surface area contributed by atoms with Crippen LogP contribution in [-0.4, -0.2) is 20.0 Å². The predicted octanol–water partition coefficient (Wildman–Crippen LogP) is 2.95. The summed E-state index contributed by atoms with van der Waals surface area (Å²) < 4.78 is 15.5. The molecule has 2 aromatic heterocycles. The van der Waals surface area contributed by atoms with Crippen molar-refractivity contribution < 1.29 is 9.18 Å². The third kappa shape index (κ3) is 4.34. The average molecular weight is 432 g/mol. The van der Waals surface area contributed by atoms with Crippen LogP contribution in [0.3, 0.4) is 0 Å². The summed E-state index contributed by atoms with van der Waals surface area (Å²) in [6, 6.07) is 16.1. The van der Waals surface area contributed by atoms with E-state index in [0.717, 1.165) is 16.6 Å². The topological polar surface area (TPSA) is 86.0 Å². The maximum absolute atomic E-state index is 13.2. The molecule has 8 heteroatoms. The Morgan fingerprint density at radius 1 is 0.969 bits per heavy atom. The van der Waals surface area contributed by atoms with Crippen LogP contribution in [-0.2, 0) is 24.3 Å². The number of carbonyl (C=O) groups is 1. The van der Waals surface area contributed by atoms with Crippen LogP contribution < -0.4 is 16.6 Å². The van der Waals surface area contributed by atoms with E-state index in [4.69, 9.17) is 0 Å². The van der Waals surface area contributed by atoms with Crippen molar-refractivity contribution in [2.45, 2.75) is 26.4 Å². The van der Waals surface area contributed by atoms with Crippen LogP contribution in [0.25, 0.3) is 11.0 Å². The van der Waals surface area contributed by atoms with E-state index in [2.05, 4.69) is 10.3 Å². The lowest BCUT2D eigenvalue weighted by molar-refractivity contribution is -0.116. The third-order valence-electron chi connectivity index (χ3n) is 5.19. The number of fused-ring (bicyclic) bond motifs is 1. The molecule has 2 heterocycles. The minimum absolute atomic E-state index is 0.0649. The van der Waals surface area contributed by atoms with Gasteiger partial charge in [-0.3, -0.25) is 18.7 Å². The summed E-state index contributed by atoms with van der Waals surface area (Å²) in [5.41, 5.74) is 1.47. The van der Waals surface area contributed by atoms with Crippen molar-refractivity contribution in [3.8, 4) is 0 Å². The number of aromatic nitrogens is 3. The largest absolute Gasteiger partial charge is 0.332 e. The standard InChI is InChI=1S/C24H21FN4O3/c1-2-16-7-11-19(12-8-16)27-21(30)15-28-20-4-3-13-26-22(20)23(31)29(24(28)32)14-17-5-9-18(25)10-6-17/h3-13H,2,14-15H2,1H3,(H,27,30). The van der Waals surface area contributed by atoms with Crippen LogP contribution >= 0.6 is 0 Å². The molecule has 4 aromatic rings. The fourth-order valence-corrected chi connectivity index (χ4v) is 3.48. The third-order valence-corrected chi connectivity index (χ3v) is 5.19. The summed E-state index contributed by atoms with van der Waals surface area (Å²) in [6.07, 6.45) is 2.34. The molecule has 162 valence electrons. The zero-order valence-corrected chi connectivity index (χ0v) is 17.4. The molecule has 0 saturated heterocycles. The zero-order valence-electron chi connectivity index (χ0n) is 17.4. The summed E-state index contributed by atoms with van der Waals surface area (Å²) in [6.45, 7) is 1.69. The average Bonchev–Trinajstić information content (AvgIpc) is 2.81. The van der Waals surface area contributed by atoms with Crippen LogP contribution in [0.1, 0.15) is 18.1 Å². The molecule has 0 aliphatic rings. The first-order valence-electron chi connectivity index (χ1n) is 10.2. The van der Waals surface area contributed by atoms with Gasteiger partial charge in [0, 0.05) is 11.9 Å². The number of nitrogens with zero attached hydrogens (tertiary/aromatic N) is 3. The Bertz CT molecular complexity index is 1390. The van der Waals surface area contributed by atoms with E-state index in [9.17, 15) is 18.8 Å². The molecule has 2 aromatic carbocycles. The monoisotopic (exact) mass is 432 g/mol. The van der Waals surface area contributed by atoms with Gasteiger partial charge >= 0.3 is 5.69 Å². The first-order valence-corrected chi connectivity index (χ1v) is 10.2. The minimum Gasteiger partial charge on any atom is -0.325 e. The van der Waals surface area contributed by atoms with Gasteiger partial charge in [-0.05, 0) is 53.9 Å². The highest BCUT2D eigenvalue weighted by Crippen LogP contribution is 2.11. The molecule has 0 bridgehead atoms.